The van der Waals surface area contributed by atoms with Crippen LogP contribution in [-0.4, -0.2) is 40.8 Å². The van der Waals surface area contributed by atoms with Crippen molar-refractivity contribution in [1.82, 2.24) is 4.90 Å². The van der Waals surface area contributed by atoms with Crippen LogP contribution >= 0.6 is 0 Å². The topological polar surface area (TPSA) is 116 Å². The lowest BCUT2D eigenvalue weighted by atomic mass is 10.0. The summed E-state index contributed by atoms with van der Waals surface area (Å²) < 4.78 is 5.81. The number of nitro groups is 1. The lowest BCUT2D eigenvalue weighted by Gasteiger charge is -2.18. The van der Waals surface area contributed by atoms with Gasteiger partial charge in [0.05, 0.1) is 23.5 Å². The van der Waals surface area contributed by atoms with E-state index in [2.05, 4.69) is 0 Å². The summed E-state index contributed by atoms with van der Waals surface area (Å²) in [7, 11) is 0. The fraction of sp³-hybridized carbons (Fsp3) is 0.300. The van der Waals surface area contributed by atoms with E-state index in [0.29, 0.717) is 5.56 Å². The Bertz CT molecular complexity index is 943. The molecular weight excluding hydrogens is 362 g/mol. The van der Waals surface area contributed by atoms with E-state index in [-0.39, 0.29) is 30.4 Å². The maximum atomic E-state index is 13.0. The average molecular weight is 383 g/mol. The highest BCUT2D eigenvalue weighted by Gasteiger charge is 2.40. The number of nitrogens with zero attached hydrogens (tertiary/aromatic N) is 2. The Kier molecular flexibility index (Phi) is 5.30. The number of hydrogen-bond donors (Lipinski definition) is 1. The van der Waals surface area contributed by atoms with Crippen molar-refractivity contribution in [2.24, 2.45) is 11.7 Å². The van der Waals surface area contributed by atoms with E-state index < -0.39 is 22.9 Å². The summed E-state index contributed by atoms with van der Waals surface area (Å²) >= 11 is 0. The standard InChI is InChI=1S/C20H21N3O5/c1-12-6-7-13(2)16(8-12)20(25)22-10-17(19(21)24)18(11-22)28-15-5-3-4-14(9-15)23(26)27/h3-9,17-18H,10-11H2,1-2H3,(H2,21,24)/t17-,18-/m1/s1. The number of likely N-dealkylation sites (tertiary alicyclic amines) is 1. The molecule has 8 heteroatoms. The van der Waals surface area contributed by atoms with E-state index in [1.54, 1.807) is 11.0 Å². The molecule has 0 bridgehead atoms. The lowest BCUT2D eigenvalue weighted by molar-refractivity contribution is -0.384. The SMILES string of the molecule is Cc1ccc(C)c(C(=O)N2C[C@@H](Oc3cccc([N+](=O)[O-])c3)[C@H](C(N)=O)C2)c1. The second kappa shape index (κ2) is 7.67. The Labute approximate surface area is 162 Å². The summed E-state index contributed by atoms with van der Waals surface area (Å²) in [5, 5.41) is 10.9. The van der Waals surface area contributed by atoms with Crippen LogP contribution in [0.2, 0.25) is 0 Å². The third-order valence-electron chi connectivity index (χ3n) is 4.86. The molecule has 0 saturated carbocycles. The number of carbonyl (C=O) groups is 2. The van der Waals surface area contributed by atoms with Gasteiger partial charge in [-0.1, -0.05) is 23.8 Å². The van der Waals surface area contributed by atoms with Crippen LogP contribution in [0.15, 0.2) is 42.5 Å². The largest absolute Gasteiger partial charge is 0.487 e. The number of hydrogen-bond acceptors (Lipinski definition) is 5. The third-order valence-corrected chi connectivity index (χ3v) is 4.86. The lowest BCUT2D eigenvalue weighted by Crippen LogP contribution is -2.35. The second-order valence-electron chi connectivity index (χ2n) is 6.95. The van der Waals surface area contributed by atoms with Gasteiger partial charge in [0.1, 0.15) is 11.9 Å². The van der Waals surface area contributed by atoms with Crippen molar-refractivity contribution in [2.45, 2.75) is 20.0 Å². The molecule has 0 spiro atoms. The molecule has 2 atom stereocenters. The molecule has 28 heavy (non-hydrogen) atoms. The number of carbonyl (C=O) groups excluding carboxylic acids is 2. The van der Waals surface area contributed by atoms with Gasteiger partial charge in [0.2, 0.25) is 5.91 Å². The second-order valence-corrected chi connectivity index (χ2v) is 6.95. The first-order valence-corrected chi connectivity index (χ1v) is 8.83. The predicted octanol–water partition coefficient (Wildman–Crippen LogP) is 2.22. The number of ether oxygens (including phenoxy) is 1. The fourth-order valence-corrected chi connectivity index (χ4v) is 3.31. The number of rotatable bonds is 5. The van der Waals surface area contributed by atoms with Gasteiger partial charge in [-0.3, -0.25) is 19.7 Å². The maximum absolute atomic E-state index is 13.0. The molecule has 0 aliphatic carbocycles. The Morgan fingerprint density at radius 2 is 1.93 bits per heavy atom. The molecule has 0 radical (unpaired) electrons. The quantitative estimate of drug-likeness (QED) is 0.628. The first-order valence-electron chi connectivity index (χ1n) is 8.83. The van der Waals surface area contributed by atoms with Crippen LogP contribution in [0.1, 0.15) is 21.5 Å². The molecule has 0 unspecified atom stereocenters. The molecule has 2 aromatic rings. The Hall–Kier alpha value is -3.42. The number of aryl methyl sites for hydroxylation is 2. The fourth-order valence-electron chi connectivity index (χ4n) is 3.31. The Balaban J connectivity index is 1.82. The van der Waals surface area contributed by atoms with E-state index in [1.807, 2.05) is 32.0 Å². The molecule has 8 nitrogen and oxygen atoms in total. The molecular formula is C20H21N3O5. The van der Waals surface area contributed by atoms with E-state index in [4.69, 9.17) is 10.5 Å². The zero-order valence-corrected chi connectivity index (χ0v) is 15.6. The van der Waals surface area contributed by atoms with Crippen LogP contribution in [0.5, 0.6) is 5.75 Å². The minimum atomic E-state index is -0.701. The average Bonchev–Trinajstić information content (AvgIpc) is 3.07. The van der Waals surface area contributed by atoms with Gasteiger partial charge in [0.25, 0.3) is 11.6 Å². The first kappa shape index (κ1) is 19.3. The van der Waals surface area contributed by atoms with Crippen molar-refractivity contribution < 1.29 is 19.2 Å². The van der Waals surface area contributed by atoms with Crippen LogP contribution in [0.25, 0.3) is 0 Å². The van der Waals surface area contributed by atoms with Crippen molar-refractivity contribution in [3.8, 4) is 5.75 Å². The summed E-state index contributed by atoms with van der Waals surface area (Å²) in [6, 6.07) is 11.3. The number of non-ortho nitro benzene ring substituents is 1. The first-order chi connectivity index (χ1) is 13.3. The molecule has 1 heterocycles. The highest BCUT2D eigenvalue weighted by Crippen LogP contribution is 2.27. The Morgan fingerprint density at radius 1 is 1.18 bits per heavy atom. The van der Waals surface area contributed by atoms with Gasteiger partial charge in [0, 0.05) is 18.2 Å². The summed E-state index contributed by atoms with van der Waals surface area (Å²) in [4.78, 5) is 36.8. The van der Waals surface area contributed by atoms with Gasteiger partial charge in [-0.2, -0.15) is 0 Å². The highest BCUT2D eigenvalue weighted by atomic mass is 16.6. The third kappa shape index (κ3) is 3.95. The van der Waals surface area contributed by atoms with Crippen molar-refractivity contribution in [3.05, 3.63) is 69.3 Å². The zero-order valence-electron chi connectivity index (χ0n) is 15.6. The van der Waals surface area contributed by atoms with Gasteiger partial charge in [0.15, 0.2) is 0 Å². The molecule has 1 aliphatic heterocycles. The summed E-state index contributed by atoms with van der Waals surface area (Å²) in [6.07, 6.45) is -0.673. The van der Waals surface area contributed by atoms with Gasteiger partial charge >= 0.3 is 0 Å². The van der Waals surface area contributed by atoms with Crippen LogP contribution < -0.4 is 10.5 Å². The van der Waals surface area contributed by atoms with E-state index >= 15 is 0 Å². The molecule has 3 rings (SSSR count). The molecule has 1 saturated heterocycles. The molecule has 1 fully saturated rings. The molecule has 2 aromatic carbocycles. The van der Waals surface area contributed by atoms with Crippen LogP contribution in [0, 0.1) is 29.9 Å². The minimum absolute atomic E-state index is 0.116. The van der Waals surface area contributed by atoms with Crippen LogP contribution in [0.4, 0.5) is 5.69 Å². The molecule has 146 valence electrons. The number of primary amides is 1. The molecule has 1 aliphatic rings. The zero-order chi connectivity index (χ0) is 20.4. The molecule has 0 aromatic heterocycles. The van der Waals surface area contributed by atoms with Gasteiger partial charge in [-0.15, -0.1) is 0 Å². The van der Waals surface area contributed by atoms with Crippen molar-refractivity contribution >= 4 is 17.5 Å². The summed E-state index contributed by atoms with van der Waals surface area (Å²) in [5.74, 6) is -1.22. The van der Waals surface area contributed by atoms with Gasteiger partial charge < -0.3 is 15.4 Å². The molecule has 2 amide bonds. The highest BCUT2D eigenvalue weighted by molar-refractivity contribution is 5.96. The minimum Gasteiger partial charge on any atom is -0.487 e. The number of benzene rings is 2. The summed E-state index contributed by atoms with van der Waals surface area (Å²) in [6.45, 7) is 4.07. The van der Waals surface area contributed by atoms with Crippen molar-refractivity contribution in [1.29, 1.82) is 0 Å². The smallest absolute Gasteiger partial charge is 0.273 e. The normalized spacial score (nSPS) is 18.7. The monoisotopic (exact) mass is 383 g/mol. The predicted molar refractivity (Wildman–Crippen MR) is 102 cm³/mol. The number of nitro benzene ring substituents is 1. The maximum Gasteiger partial charge on any atom is 0.273 e. The van der Waals surface area contributed by atoms with Gasteiger partial charge in [-0.25, -0.2) is 0 Å². The van der Waals surface area contributed by atoms with E-state index in [0.717, 1.165) is 11.1 Å². The van der Waals surface area contributed by atoms with E-state index in [1.165, 1.54) is 18.2 Å². The summed E-state index contributed by atoms with van der Waals surface area (Å²) in [5.41, 5.74) is 7.77. The Morgan fingerprint density at radius 3 is 2.61 bits per heavy atom. The van der Waals surface area contributed by atoms with Crippen LogP contribution in [0.3, 0.4) is 0 Å². The van der Waals surface area contributed by atoms with Crippen LogP contribution in [-0.2, 0) is 4.79 Å². The van der Waals surface area contributed by atoms with E-state index in [9.17, 15) is 19.7 Å². The van der Waals surface area contributed by atoms with Crippen molar-refractivity contribution in [3.63, 3.8) is 0 Å². The van der Waals surface area contributed by atoms with Crippen molar-refractivity contribution in [2.75, 3.05) is 13.1 Å². The molecule has 2 N–H and O–H groups in total. The van der Waals surface area contributed by atoms with Gasteiger partial charge in [-0.05, 0) is 31.5 Å². The number of amides is 2. The number of nitrogens with two attached hydrogens (primary N) is 1.